The van der Waals surface area contributed by atoms with Crippen LogP contribution < -0.4 is 10.5 Å². The highest BCUT2D eigenvalue weighted by Crippen LogP contribution is 2.13. The second-order valence-electron chi connectivity index (χ2n) is 5.29. The van der Waals surface area contributed by atoms with E-state index in [1.165, 1.54) is 0 Å². The lowest BCUT2D eigenvalue weighted by atomic mass is 10.1. The maximum absolute atomic E-state index is 11.7. The third kappa shape index (κ3) is 5.59. The van der Waals surface area contributed by atoms with E-state index in [1.807, 2.05) is 26.8 Å². The van der Waals surface area contributed by atoms with Gasteiger partial charge >= 0.3 is 0 Å². The Morgan fingerprint density at radius 1 is 1.53 bits per heavy atom. The van der Waals surface area contributed by atoms with Crippen LogP contribution in [0.5, 0.6) is 0 Å². The second-order valence-corrected chi connectivity index (χ2v) is 7.34. The first-order valence-electron chi connectivity index (χ1n) is 6.21. The van der Waals surface area contributed by atoms with Gasteiger partial charge in [0, 0.05) is 24.1 Å². The van der Waals surface area contributed by atoms with Crippen molar-refractivity contribution >= 4 is 17.3 Å². The van der Waals surface area contributed by atoms with Gasteiger partial charge in [-0.15, -0.1) is 4.72 Å². The fraction of sp³-hybridized carbons (Fsp3) is 0.538. The van der Waals surface area contributed by atoms with Crippen molar-refractivity contribution in [3.05, 3.63) is 29.6 Å². The first-order valence-corrected chi connectivity index (χ1v) is 7.36. The van der Waals surface area contributed by atoms with E-state index in [-0.39, 0.29) is 10.4 Å². The van der Waals surface area contributed by atoms with E-state index in [0.717, 1.165) is 18.4 Å². The number of hydrogen-bond donors (Lipinski definition) is 2. The number of rotatable bonds is 6. The first-order chi connectivity index (χ1) is 8.80. The molecule has 0 aromatic carbocycles. The van der Waals surface area contributed by atoms with Crippen molar-refractivity contribution in [1.82, 2.24) is 9.71 Å². The molecule has 0 aliphatic rings. The molecule has 1 heterocycles. The molecule has 0 radical (unpaired) electrons. The number of primary amides is 1. The number of carbonyl (C=O) groups excluding carboxylic acids is 1. The number of aryl methyl sites for hydroxylation is 1. The summed E-state index contributed by atoms with van der Waals surface area (Å²) in [5, 5.41) is 0. The van der Waals surface area contributed by atoms with Gasteiger partial charge in [0.15, 0.2) is 0 Å². The average Bonchev–Trinajstić information content (AvgIpc) is 2.33. The van der Waals surface area contributed by atoms with E-state index in [1.54, 1.807) is 12.3 Å². The van der Waals surface area contributed by atoms with Crippen molar-refractivity contribution in [3.8, 4) is 0 Å². The van der Waals surface area contributed by atoms with E-state index in [0.29, 0.717) is 6.54 Å². The van der Waals surface area contributed by atoms with Crippen molar-refractivity contribution in [2.45, 2.75) is 38.4 Å². The molecular weight excluding hydrogens is 262 g/mol. The molecule has 1 atom stereocenters. The average molecular weight is 283 g/mol. The number of nitrogens with one attached hydrogen (secondary N) is 1. The number of nitrogens with zero attached hydrogens (tertiary/aromatic N) is 1. The van der Waals surface area contributed by atoms with Crippen molar-refractivity contribution in [3.63, 3.8) is 0 Å². The number of aromatic nitrogens is 1. The van der Waals surface area contributed by atoms with Gasteiger partial charge < -0.3 is 10.3 Å². The van der Waals surface area contributed by atoms with Gasteiger partial charge in [-0.2, -0.15) is 0 Å². The minimum atomic E-state index is -1.04. The summed E-state index contributed by atoms with van der Waals surface area (Å²) in [6, 6.07) is 3.55. The fourth-order valence-electron chi connectivity index (χ4n) is 1.44. The summed E-state index contributed by atoms with van der Waals surface area (Å²) < 4.78 is 14.5. The third-order valence-corrected chi connectivity index (χ3v) is 4.09. The molecule has 0 saturated heterocycles. The van der Waals surface area contributed by atoms with Gasteiger partial charge in [0.1, 0.15) is 10.4 Å². The molecule has 0 spiro atoms. The van der Waals surface area contributed by atoms with Crippen LogP contribution in [0.3, 0.4) is 0 Å². The zero-order valence-electron chi connectivity index (χ0n) is 11.6. The topological polar surface area (TPSA) is 91.1 Å². The van der Waals surface area contributed by atoms with Gasteiger partial charge in [-0.25, -0.2) is 0 Å². The molecule has 0 saturated carbocycles. The van der Waals surface area contributed by atoms with E-state index in [2.05, 4.69) is 9.71 Å². The van der Waals surface area contributed by atoms with Crippen molar-refractivity contribution in [2.75, 3.05) is 6.54 Å². The standard InChI is InChI=1S/C13H21N3O2S/c1-13(2,3)19(18)16-7-4-5-10-6-8-15-11(9-10)12(14)17/h6,8-9,16H,4-5,7H2,1-3H3,(H2,14,17)/t19-/m0/s1. The molecule has 0 bridgehead atoms. The van der Waals surface area contributed by atoms with Crippen molar-refractivity contribution < 1.29 is 9.35 Å². The highest BCUT2D eigenvalue weighted by molar-refractivity contribution is 7.90. The van der Waals surface area contributed by atoms with Crippen molar-refractivity contribution in [1.29, 1.82) is 0 Å². The number of nitrogens with two attached hydrogens (primary N) is 1. The first kappa shape index (κ1) is 15.9. The smallest absolute Gasteiger partial charge is 0.267 e. The highest BCUT2D eigenvalue weighted by Gasteiger charge is 2.25. The molecule has 5 nitrogen and oxygen atoms in total. The molecule has 19 heavy (non-hydrogen) atoms. The molecule has 1 aromatic heterocycles. The Labute approximate surface area is 117 Å². The Balaban J connectivity index is 2.38. The summed E-state index contributed by atoms with van der Waals surface area (Å²) in [5.74, 6) is -0.520. The molecular formula is C13H21N3O2S. The summed E-state index contributed by atoms with van der Waals surface area (Å²) in [5.41, 5.74) is 6.46. The second kappa shape index (κ2) is 6.88. The predicted molar refractivity (Wildman–Crippen MR) is 77.0 cm³/mol. The van der Waals surface area contributed by atoms with Crippen LogP contribution in [0.2, 0.25) is 0 Å². The SMILES string of the molecule is CC(C)(C)[S@+]([O-])NCCCc1ccnc(C(N)=O)c1. The minimum absolute atomic E-state index is 0.254. The van der Waals surface area contributed by atoms with Gasteiger partial charge in [-0.05, 0) is 51.3 Å². The highest BCUT2D eigenvalue weighted by atomic mass is 32.2. The maximum atomic E-state index is 11.7. The summed E-state index contributed by atoms with van der Waals surface area (Å²) in [6.45, 7) is 6.45. The lowest BCUT2D eigenvalue weighted by Crippen LogP contribution is -2.39. The molecule has 3 N–H and O–H groups in total. The number of carbonyl (C=O) groups is 1. The van der Waals surface area contributed by atoms with Crippen LogP contribution in [0.25, 0.3) is 0 Å². The number of amides is 1. The van der Waals surface area contributed by atoms with Crippen LogP contribution in [-0.4, -0.2) is 26.7 Å². The summed E-state index contributed by atoms with van der Waals surface area (Å²) in [6.07, 6.45) is 3.21. The molecule has 0 aliphatic heterocycles. The molecule has 106 valence electrons. The van der Waals surface area contributed by atoms with Gasteiger partial charge in [-0.3, -0.25) is 9.78 Å². The van der Waals surface area contributed by atoms with Gasteiger partial charge in [0.05, 0.1) is 0 Å². The molecule has 1 aromatic rings. The Hall–Kier alpha value is -1.11. The summed E-state index contributed by atoms with van der Waals surface area (Å²) in [7, 11) is 0. The van der Waals surface area contributed by atoms with Crippen LogP contribution in [0.15, 0.2) is 18.3 Å². The quantitative estimate of drug-likeness (QED) is 0.605. The maximum Gasteiger partial charge on any atom is 0.267 e. The minimum Gasteiger partial charge on any atom is -0.598 e. The Kier molecular flexibility index (Phi) is 5.78. The summed E-state index contributed by atoms with van der Waals surface area (Å²) in [4.78, 5) is 14.9. The van der Waals surface area contributed by atoms with E-state index < -0.39 is 17.3 Å². The van der Waals surface area contributed by atoms with E-state index >= 15 is 0 Å². The van der Waals surface area contributed by atoms with Gasteiger partial charge in [0.2, 0.25) is 0 Å². The number of hydrogen-bond acceptors (Lipinski definition) is 4. The van der Waals surface area contributed by atoms with E-state index in [9.17, 15) is 9.35 Å². The molecule has 1 rings (SSSR count). The normalized spacial score (nSPS) is 13.3. The van der Waals surface area contributed by atoms with Gasteiger partial charge in [-0.1, -0.05) is 0 Å². The monoisotopic (exact) mass is 283 g/mol. The molecule has 6 heteroatoms. The number of pyridine rings is 1. The lowest BCUT2D eigenvalue weighted by molar-refractivity contribution is 0.0995. The Bertz CT molecular complexity index is 432. The lowest BCUT2D eigenvalue weighted by Gasteiger charge is -2.23. The molecule has 0 fully saturated rings. The van der Waals surface area contributed by atoms with Crippen LogP contribution in [0.4, 0.5) is 0 Å². The predicted octanol–water partition coefficient (Wildman–Crippen LogP) is 1.16. The Morgan fingerprint density at radius 3 is 2.79 bits per heavy atom. The fourth-order valence-corrected chi connectivity index (χ4v) is 2.20. The van der Waals surface area contributed by atoms with Crippen LogP contribution in [0.1, 0.15) is 43.2 Å². The molecule has 1 amide bonds. The van der Waals surface area contributed by atoms with Crippen LogP contribution in [-0.2, 0) is 17.8 Å². The zero-order chi connectivity index (χ0) is 14.5. The van der Waals surface area contributed by atoms with Crippen molar-refractivity contribution in [2.24, 2.45) is 5.73 Å². The molecule has 0 aliphatic carbocycles. The largest absolute Gasteiger partial charge is 0.598 e. The Morgan fingerprint density at radius 2 is 2.21 bits per heavy atom. The van der Waals surface area contributed by atoms with Gasteiger partial charge in [0.25, 0.3) is 5.91 Å². The van der Waals surface area contributed by atoms with E-state index in [4.69, 9.17) is 5.73 Å². The third-order valence-electron chi connectivity index (χ3n) is 2.51. The zero-order valence-corrected chi connectivity index (χ0v) is 12.4. The van der Waals surface area contributed by atoms with Crippen LogP contribution >= 0.6 is 0 Å². The molecule has 0 unspecified atom stereocenters. The van der Waals surface area contributed by atoms with Crippen LogP contribution in [0, 0.1) is 0 Å². The summed E-state index contributed by atoms with van der Waals surface area (Å²) >= 11 is -1.04.